The number of hydrogen-bond acceptors (Lipinski definition) is 3. The van der Waals surface area contributed by atoms with Gasteiger partial charge in [0, 0.05) is 18.8 Å². The summed E-state index contributed by atoms with van der Waals surface area (Å²) in [5.41, 5.74) is 1.68. The van der Waals surface area contributed by atoms with E-state index in [4.69, 9.17) is 0 Å². The zero-order chi connectivity index (χ0) is 14.7. The summed E-state index contributed by atoms with van der Waals surface area (Å²) in [6, 6.07) is 2.63. The number of rotatable bonds is 6. The predicted molar refractivity (Wildman–Crippen MR) is 86.2 cm³/mol. The van der Waals surface area contributed by atoms with Crippen LogP contribution in [0, 0.1) is 0 Å². The van der Waals surface area contributed by atoms with Gasteiger partial charge in [-0.25, -0.2) is 0 Å². The van der Waals surface area contributed by atoms with Gasteiger partial charge < -0.3 is 5.32 Å². The van der Waals surface area contributed by atoms with E-state index in [2.05, 4.69) is 40.0 Å². The monoisotopic (exact) mass is 290 g/mol. The molecule has 2 heterocycles. The summed E-state index contributed by atoms with van der Waals surface area (Å²) in [7, 11) is 2.09. The average Bonchev–Trinajstić information content (AvgIpc) is 3.20. The van der Waals surface area contributed by atoms with Crippen molar-refractivity contribution in [2.45, 2.75) is 63.5 Å². The van der Waals surface area contributed by atoms with E-state index in [1.807, 2.05) is 6.20 Å². The summed E-state index contributed by atoms with van der Waals surface area (Å²) >= 11 is 0. The van der Waals surface area contributed by atoms with Crippen molar-refractivity contribution in [2.24, 2.45) is 7.05 Å². The van der Waals surface area contributed by atoms with Crippen LogP contribution in [0.3, 0.4) is 0 Å². The maximum Gasteiger partial charge on any atom is 0.0678 e. The van der Waals surface area contributed by atoms with E-state index in [1.54, 1.807) is 0 Å². The van der Waals surface area contributed by atoms with Gasteiger partial charge in [0.05, 0.1) is 11.7 Å². The number of aryl methyl sites for hydroxylation is 1. The molecule has 0 spiro atoms. The molecule has 1 aromatic rings. The third-order valence-electron chi connectivity index (χ3n) is 5.50. The van der Waals surface area contributed by atoms with Crippen LogP contribution in [0.25, 0.3) is 0 Å². The molecule has 1 atom stereocenters. The lowest BCUT2D eigenvalue weighted by molar-refractivity contribution is 0.0731. The van der Waals surface area contributed by atoms with Crippen LogP contribution in [-0.2, 0) is 7.05 Å². The molecule has 1 aliphatic carbocycles. The van der Waals surface area contributed by atoms with Crippen LogP contribution in [0.4, 0.5) is 0 Å². The molecule has 1 N–H and O–H groups in total. The number of nitrogens with zero attached hydrogens (tertiary/aromatic N) is 3. The van der Waals surface area contributed by atoms with Gasteiger partial charge in [0.15, 0.2) is 0 Å². The summed E-state index contributed by atoms with van der Waals surface area (Å²) < 4.78 is 2.07. The molecule has 0 amide bonds. The molecule has 1 unspecified atom stereocenters. The maximum atomic E-state index is 4.43. The smallest absolute Gasteiger partial charge is 0.0678 e. The highest BCUT2D eigenvalue weighted by atomic mass is 15.3. The van der Waals surface area contributed by atoms with Gasteiger partial charge in [0.2, 0.25) is 0 Å². The van der Waals surface area contributed by atoms with Crippen molar-refractivity contribution >= 4 is 0 Å². The van der Waals surface area contributed by atoms with Crippen LogP contribution in [0.15, 0.2) is 12.3 Å². The minimum absolute atomic E-state index is 0.319. The number of aromatic nitrogens is 2. The fourth-order valence-electron chi connectivity index (χ4n) is 4.46. The van der Waals surface area contributed by atoms with Gasteiger partial charge >= 0.3 is 0 Å². The van der Waals surface area contributed by atoms with Gasteiger partial charge in [-0.05, 0) is 57.8 Å². The highest BCUT2D eigenvalue weighted by Gasteiger charge is 2.47. The summed E-state index contributed by atoms with van der Waals surface area (Å²) in [5, 5.41) is 8.30. The lowest BCUT2D eigenvalue weighted by atomic mass is 9.84. The van der Waals surface area contributed by atoms with Crippen molar-refractivity contribution in [3.63, 3.8) is 0 Å². The number of likely N-dealkylation sites (tertiary alicyclic amines) is 1. The first-order valence-corrected chi connectivity index (χ1v) is 8.74. The van der Waals surface area contributed by atoms with E-state index in [-0.39, 0.29) is 0 Å². The van der Waals surface area contributed by atoms with Crippen molar-refractivity contribution in [3.8, 4) is 0 Å². The SMILES string of the molecule is CCCNC(c1ccnn1C)C1(N2CCCC2)CCCC1. The molecule has 1 saturated heterocycles. The van der Waals surface area contributed by atoms with E-state index in [1.165, 1.54) is 63.7 Å². The molecule has 3 rings (SSSR count). The maximum absolute atomic E-state index is 4.43. The molecule has 1 aliphatic heterocycles. The zero-order valence-electron chi connectivity index (χ0n) is 13.6. The van der Waals surface area contributed by atoms with Crippen LogP contribution in [0.5, 0.6) is 0 Å². The predicted octanol–water partition coefficient (Wildman–Crippen LogP) is 2.87. The molecule has 0 bridgehead atoms. The summed E-state index contributed by atoms with van der Waals surface area (Å²) in [6.45, 7) is 5.90. The molecule has 21 heavy (non-hydrogen) atoms. The molecule has 0 radical (unpaired) electrons. The first kappa shape index (κ1) is 15.0. The lowest BCUT2D eigenvalue weighted by Gasteiger charge is -2.45. The van der Waals surface area contributed by atoms with Crippen LogP contribution < -0.4 is 5.32 Å². The average molecular weight is 290 g/mol. The molecule has 0 aromatic carbocycles. The van der Waals surface area contributed by atoms with Gasteiger partial charge in [-0.3, -0.25) is 9.58 Å². The Bertz CT molecular complexity index is 441. The minimum atomic E-state index is 0.319. The molecule has 4 nitrogen and oxygen atoms in total. The fraction of sp³-hybridized carbons (Fsp3) is 0.824. The second-order valence-electron chi connectivity index (χ2n) is 6.77. The number of nitrogens with one attached hydrogen (secondary N) is 1. The Morgan fingerprint density at radius 3 is 2.52 bits per heavy atom. The highest BCUT2D eigenvalue weighted by Crippen LogP contribution is 2.45. The Kier molecular flexibility index (Phi) is 4.65. The van der Waals surface area contributed by atoms with Crippen LogP contribution >= 0.6 is 0 Å². The number of hydrogen-bond donors (Lipinski definition) is 1. The van der Waals surface area contributed by atoms with Gasteiger partial charge in [0.25, 0.3) is 0 Å². The Labute approximate surface area is 128 Å². The van der Waals surface area contributed by atoms with E-state index in [9.17, 15) is 0 Å². The Morgan fingerprint density at radius 1 is 1.24 bits per heavy atom. The van der Waals surface area contributed by atoms with Crippen molar-refractivity contribution in [2.75, 3.05) is 19.6 Å². The van der Waals surface area contributed by atoms with Gasteiger partial charge in [-0.15, -0.1) is 0 Å². The van der Waals surface area contributed by atoms with Crippen LogP contribution in [0.1, 0.15) is 63.6 Å². The van der Waals surface area contributed by atoms with Gasteiger partial charge in [0.1, 0.15) is 0 Å². The molecular weight excluding hydrogens is 260 g/mol. The van der Waals surface area contributed by atoms with E-state index in [0.717, 1.165) is 6.54 Å². The minimum Gasteiger partial charge on any atom is -0.307 e. The molecule has 2 fully saturated rings. The normalized spacial score (nSPS) is 23.7. The molecule has 118 valence electrons. The summed E-state index contributed by atoms with van der Waals surface area (Å²) in [4.78, 5) is 2.79. The third-order valence-corrected chi connectivity index (χ3v) is 5.50. The zero-order valence-corrected chi connectivity index (χ0v) is 13.6. The molecule has 1 saturated carbocycles. The fourth-order valence-corrected chi connectivity index (χ4v) is 4.46. The van der Waals surface area contributed by atoms with E-state index < -0.39 is 0 Å². The summed E-state index contributed by atoms with van der Waals surface area (Å²) in [6.07, 6.45) is 11.3. The van der Waals surface area contributed by atoms with Crippen LogP contribution in [0.2, 0.25) is 0 Å². The third kappa shape index (κ3) is 2.76. The van der Waals surface area contributed by atoms with Crippen molar-refractivity contribution in [3.05, 3.63) is 18.0 Å². The van der Waals surface area contributed by atoms with Crippen molar-refractivity contribution < 1.29 is 0 Å². The lowest BCUT2D eigenvalue weighted by Crippen LogP contribution is -2.54. The summed E-state index contributed by atoms with van der Waals surface area (Å²) in [5.74, 6) is 0. The largest absolute Gasteiger partial charge is 0.307 e. The molecule has 1 aromatic heterocycles. The molecule has 4 heteroatoms. The Hall–Kier alpha value is -0.870. The Balaban J connectivity index is 1.93. The van der Waals surface area contributed by atoms with Crippen molar-refractivity contribution in [1.29, 1.82) is 0 Å². The van der Waals surface area contributed by atoms with Crippen LogP contribution in [-0.4, -0.2) is 39.9 Å². The molecular formula is C17H30N4. The van der Waals surface area contributed by atoms with Gasteiger partial charge in [-0.2, -0.15) is 5.10 Å². The van der Waals surface area contributed by atoms with E-state index >= 15 is 0 Å². The van der Waals surface area contributed by atoms with Gasteiger partial charge in [-0.1, -0.05) is 19.8 Å². The second-order valence-corrected chi connectivity index (χ2v) is 6.77. The quantitative estimate of drug-likeness (QED) is 0.874. The van der Waals surface area contributed by atoms with Crippen molar-refractivity contribution in [1.82, 2.24) is 20.0 Å². The Morgan fingerprint density at radius 2 is 1.95 bits per heavy atom. The highest BCUT2D eigenvalue weighted by molar-refractivity contribution is 5.17. The topological polar surface area (TPSA) is 33.1 Å². The second kappa shape index (κ2) is 6.49. The first-order chi connectivity index (χ1) is 10.3. The van der Waals surface area contributed by atoms with E-state index in [0.29, 0.717) is 11.6 Å². The molecule has 2 aliphatic rings. The standard InChI is InChI=1S/C17H30N4/c1-3-11-18-16(15-8-12-19-20(15)2)17(9-4-5-10-17)21-13-6-7-14-21/h8,12,16,18H,3-7,9-11,13-14H2,1-2H3. The first-order valence-electron chi connectivity index (χ1n) is 8.74.